The third-order valence-corrected chi connectivity index (χ3v) is 4.91. The molecule has 0 aromatic heterocycles. The minimum Gasteiger partial charge on any atom is -0.349 e. The van der Waals surface area contributed by atoms with Gasteiger partial charge >= 0.3 is 0 Å². The molecule has 2 saturated carbocycles. The molecule has 2 aliphatic rings. The predicted molar refractivity (Wildman–Crippen MR) is 70.8 cm³/mol. The van der Waals surface area contributed by atoms with Crippen LogP contribution in [0.3, 0.4) is 0 Å². The highest BCUT2D eigenvalue weighted by atomic mass is 79.9. The monoisotopic (exact) mass is 311 g/mol. The smallest absolute Gasteiger partial charge is 0.255 e. The standard InChI is InChI=1S/C14H15BrFNO/c15-10-2-1-3-11(16)13(10)14(18)17-12-7-8-4-5-9(12)6-8/h1-3,8-9,12H,4-7H2,(H,17,18). The van der Waals surface area contributed by atoms with Crippen molar-refractivity contribution in [1.29, 1.82) is 0 Å². The van der Waals surface area contributed by atoms with Crippen molar-refractivity contribution in [3.63, 3.8) is 0 Å². The van der Waals surface area contributed by atoms with Crippen molar-refractivity contribution in [3.8, 4) is 0 Å². The van der Waals surface area contributed by atoms with Crippen molar-refractivity contribution in [2.45, 2.75) is 31.7 Å². The predicted octanol–water partition coefficient (Wildman–Crippen LogP) is 3.51. The first-order chi connectivity index (χ1) is 8.65. The summed E-state index contributed by atoms with van der Waals surface area (Å²) >= 11 is 3.24. The van der Waals surface area contributed by atoms with Crippen LogP contribution in [0.25, 0.3) is 0 Å². The number of rotatable bonds is 2. The summed E-state index contributed by atoms with van der Waals surface area (Å²) in [6.07, 6.45) is 4.78. The van der Waals surface area contributed by atoms with Crippen LogP contribution in [-0.2, 0) is 0 Å². The summed E-state index contributed by atoms with van der Waals surface area (Å²) in [6.45, 7) is 0. The zero-order valence-electron chi connectivity index (χ0n) is 9.96. The molecule has 0 saturated heterocycles. The molecule has 0 aliphatic heterocycles. The van der Waals surface area contributed by atoms with E-state index in [1.165, 1.54) is 25.3 Å². The first-order valence-electron chi connectivity index (χ1n) is 6.40. The van der Waals surface area contributed by atoms with E-state index in [2.05, 4.69) is 21.2 Å². The van der Waals surface area contributed by atoms with Gasteiger partial charge in [-0.25, -0.2) is 4.39 Å². The lowest BCUT2D eigenvalue weighted by atomic mass is 9.95. The molecule has 0 heterocycles. The highest BCUT2D eigenvalue weighted by Gasteiger charge is 2.40. The highest BCUT2D eigenvalue weighted by Crippen LogP contribution is 2.44. The average molecular weight is 312 g/mol. The fraction of sp³-hybridized carbons (Fsp3) is 0.500. The molecule has 1 amide bonds. The lowest BCUT2D eigenvalue weighted by Crippen LogP contribution is -2.39. The Hall–Kier alpha value is -0.900. The summed E-state index contributed by atoms with van der Waals surface area (Å²) in [5.74, 6) is 0.608. The van der Waals surface area contributed by atoms with Crippen LogP contribution in [0.4, 0.5) is 4.39 Å². The minimum absolute atomic E-state index is 0.125. The molecule has 1 aromatic rings. The van der Waals surface area contributed by atoms with E-state index >= 15 is 0 Å². The lowest BCUT2D eigenvalue weighted by Gasteiger charge is -2.23. The van der Waals surface area contributed by atoms with Gasteiger partial charge in [0.05, 0.1) is 5.56 Å². The SMILES string of the molecule is O=C(NC1CC2CCC1C2)c1c(F)cccc1Br. The zero-order chi connectivity index (χ0) is 12.7. The Morgan fingerprint density at radius 3 is 2.78 bits per heavy atom. The molecule has 0 radical (unpaired) electrons. The molecule has 1 aromatic carbocycles. The van der Waals surface area contributed by atoms with Crippen molar-refractivity contribution < 1.29 is 9.18 Å². The number of amides is 1. The van der Waals surface area contributed by atoms with E-state index in [4.69, 9.17) is 0 Å². The summed E-state index contributed by atoms with van der Waals surface area (Å²) < 4.78 is 14.2. The molecule has 96 valence electrons. The number of halogens is 2. The highest BCUT2D eigenvalue weighted by molar-refractivity contribution is 9.10. The van der Waals surface area contributed by atoms with Crippen molar-refractivity contribution >= 4 is 21.8 Å². The minimum atomic E-state index is -0.468. The van der Waals surface area contributed by atoms with Gasteiger partial charge in [0.25, 0.3) is 5.91 Å². The van der Waals surface area contributed by atoms with Gasteiger partial charge in [-0.3, -0.25) is 4.79 Å². The van der Waals surface area contributed by atoms with E-state index in [9.17, 15) is 9.18 Å². The van der Waals surface area contributed by atoms with E-state index < -0.39 is 5.82 Å². The third kappa shape index (κ3) is 2.07. The molecular weight excluding hydrogens is 297 g/mol. The van der Waals surface area contributed by atoms with E-state index in [1.54, 1.807) is 12.1 Å². The fourth-order valence-electron chi connectivity index (χ4n) is 3.38. The van der Waals surface area contributed by atoms with Crippen LogP contribution in [0.2, 0.25) is 0 Å². The Morgan fingerprint density at radius 2 is 2.17 bits per heavy atom. The Kier molecular flexibility index (Phi) is 3.14. The number of nitrogens with one attached hydrogen (secondary N) is 1. The Labute approximate surface area is 114 Å². The Bertz CT molecular complexity index is 470. The first kappa shape index (κ1) is 12.2. The topological polar surface area (TPSA) is 29.1 Å². The lowest BCUT2D eigenvalue weighted by molar-refractivity contribution is 0.0918. The number of hydrogen-bond donors (Lipinski definition) is 1. The van der Waals surface area contributed by atoms with Crippen molar-refractivity contribution in [2.75, 3.05) is 0 Å². The summed E-state index contributed by atoms with van der Waals surface area (Å²) in [6, 6.07) is 4.84. The van der Waals surface area contributed by atoms with Crippen molar-refractivity contribution in [1.82, 2.24) is 5.32 Å². The molecule has 2 fully saturated rings. The van der Waals surface area contributed by atoms with Crippen LogP contribution < -0.4 is 5.32 Å². The second-order valence-corrected chi connectivity index (χ2v) is 6.21. The summed E-state index contributed by atoms with van der Waals surface area (Å²) in [5.41, 5.74) is 0.125. The van der Waals surface area contributed by atoms with Gasteiger partial charge in [0.1, 0.15) is 5.82 Å². The first-order valence-corrected chi connectivity index (χ1v) is 7.19. The molecule has 1 N–H and O–H groups in total. The maximum atomic E-state index is 13.7. The van der Waals surface area contributed by atoms with E-state index in [-0.39, 0.29) is 17.5 Å². The Balaban J connectivity index is 1.75. The quantitative estimate of drug-likeness (QED) is 0.889. The maximum absolute atomic E-state index is 13.7. The number of carbonyl (C=O) groups is 1. The van der Waals surface area contributed by atoms with Crippen molar-refractivity contribution in [3.05, 3.63) is 34.1 Å². The summed E-state index contributed by atoms with van der Waals surface area (Å²) in [5, 5.41) is 3.00. The molecule has 4 heteroatoms. The van der Waals surface area contributed by atoms with Gasteiger partial charge in [0, 0.05) is 10.5 Å². The molecule has 3 rings (SSSR count). The third-order valence-electron chi connectivity index (χ3n) is 4.24. The van der Waals surface area contributed by atoms with Crippen LogP contribution in [-0.4, -0.2) is 11.9 Å². The van der Waals surface area contributed by atoms with Crippen LogP contribution in [0.1, 0.15) is 36.0 Å². The molecule has 3 unspecified atom stereocenters. The molecule has 3 atom stereocenters. The molecule has 2 bridgehead atoms. The molecule has 2 aliphatic carbocycles. The van der Waals surface area contributed by atoms with Gasteiger partial charge in [-0.2, -0.15) is 0 Å². The van der Waals surface area contributed by atoms with E-state index in [0.29, 0.717) is 10.4 Å². The van der Waals surface area contributed by atoms with Crippen LogP contribution in [0, 0.1) is 17.7 Å². The van der Waals surface area contributed by atoms with Gasteiger partial charge in [0.15, 0.2) is 0 Å². The van der Waals surface area contributed by atoms with Gasteiger partial charge in [0.2, 0.25) is 0 Å². The fourth-order valence-corrected chi connectivity index (χ4v) is 3.90. The van der Waals surface area contributed by atoms with Gasteiger partial charge in [-0.05, 0) is 59.2 Å². The normalized spacial score (nSPS) is 29.6. The molecular formula is C14H15BrFNO. The Morgan fingerprint density at radius 1 is 1.33 bits per heavy atom. The summed E-state index contributed by atoms with van der Waals surface area (Å²) in [7, 11) is 0. The largest absolute Gasteiger partial charge is 0.349 e. The number of hydrogen-bond acceptors (Lipinski definition) is 1. The van der Waals surface area contributed by atoms with Crippen LogP contribution >= 0.6 is 15.9 Å². The second kappa shape index (κ2) is 4.65. The summed E-state index contributed by atoms with van der Waals surface area (Å²) in [4.78, 5) is 12.1. The van der Waals surface area contributed by atoms with E-state index in [1.807, 2.05) is 0 Å². The van der Waals surface area contributed by atoms with Gasteiger partial charge in [-0.1, -0.05) is 12.5 Å². The molecule has 18 heavy (non-hydrogen) atoms. The molecule has 0 spiro atoms. The van der Waals surface area contributed by atoms with E-state index in [0.717, 1.165) is 12.3 Å². The number of fused-ring (bicyclic) bond motifs is 2. The maximum Gasteiger partial charge on any atom is 0.255 e. The number of benzene rings is 1. The zero-order valence-corrected chi connectivity index (χ0v) is 11.5. The average Bonchev–Trinajstić information content (AvgIpc) is 2.90. The van der Waals surface area contributed by atoms with Crippen molar-refractivity contribution in [2.24, 2.45) is 11.8 Å². The second-order valence-electron chi connectivity index (χ2n) is 5.35. The van der Waals surface area contributed by atoms with Crippen LogP contribution in [0.5, 0.6) is 0 Å². The van der Waals surface area contributed by atoms with Crippen LogP contribution in [0.15, 0.2) is 22.7 Å². The van der Waals surface area contributed by atoms with Gasteiger partial charge in [-0.15, -0.1) is 0 Å². The number of carbonyl (C=O) groups excluding carboxylic acids is 1. The van der Waals surface area contributed by atoms with Gasteiger partial charge < -0.3 is 5.32 Å². The molecule has 2 nitrogen and oxygen atoms in total.